The maximum atomic E-state index is 14.8. The molecule has 2 heterocycles. The summed E-state index contributed by atoms with van der Waals surface area (Å²) in [4.78, 5) is 24.3. The molecule has 10 heteroatoms. The van der Waals surface area contributed by atoms with Crippen LogP contribution in [-0.2, 0) is 6.54 Å². The third kappa shape index (κ3) is 6.74. The number of aromatic nitrogens is 4. The van der Waals surface area contributed by atoms with Crippen molar-refractivity contribution in [3.63, 3.8) is 0 Å². The minimum absolute atomic E-state index is 0.00795. The maximum absolute atomic E-state index is 14.8. The number of rotatable bonds is 10. The molecule has 0 aliphatic carbocycles. The molecule has 0 saturated carbocycles. The van der Waals surface area contributed by atoms with Gasteiger partial charge in [0.25, 0.3) is 5.91 Å². The molecule has 7 nitrogen and oxygen atoms in total. The summed E-state index contributed by atoms with van der Waals surface area (Å²) >= 11 is 0. The fraction of sp³-hybridized carbons (Fsp3) is 0.333. The van der Waals surface area contributed by atoms with E-state index in [1.165, 1.54) is 6.20 Å². The first kappa shape index (κ1) is 28.9. The number of halogens is 3. The zero-order valence-electron chi connectivity index (χ0n) is 22.8. The second kappa shape index (κ2) is 12.4. The molecular weight excluding hydrogens is 517 g/mol. The minimum atomic E-state index is -0.760. The molecule has 210 valence electrons. The molecule has 0 spiro atoms. The van der Waals surface area contributed by atoms with Gasteiger partial charge in [-0.15, -0.1) is 0 Å². The molecular formula is C30H33F3N6O. The number of alkyl halides is 1. The number of carbonyl (C=O) groups excluding carboxylic acids is 1. The van der Waals surface area contributed by atoms with Crippen LogP contribution in [0.15, 0.2) is 73.1 Å². The van der Waals surface area contributed by atoms with Gasteiger partial charge in [-0.3, -0.25) is 9.78 Å². The molecule has 0 fully saturated rings. The van der Waals surface area contributed by atoms with Gasteiger partial charge in [0.15, 0.2) is 11.6 Å². The van der Waals surface area contributed by atoms with E-state index in [-0.39, 0.29) is 36.8 Å². The first-order valence-corrected chi connectivity index (χ1v) is 13.0. The van der Waals surface area contributed by atoms with Gasteiger partial charge in [0.05, 0.1) is 23.7 Å². The van der Waals surface area contributed by atoms with Crippen molar-refractivity contribution in [3.05, 3.63) is 102 Å². The van der Waals surface area contributed by atoms with E-state index in [0.29, 0.717) is 11.4 Å². The molecule has 4 aromatic rings. The van der Waals surface area contributed by atoms with Crippen molar-refractivity contribution in [3.8, 4) is 11.4 Å². The van der Waals surface area contributed by atoms with Crippen molar-refractivity contribution >= 4 is 5.91 Å². The molecule has 2 aromatic heterocycles. The summed E-state index contributed by atoms with van der Waals surface area (Å²) in [6, 6.07) is 14.4. The summed E-state index contributed by atoms with van der Waals surface area (Å²) in [5.74, 6) is -1.27. The SMILES string of the molecule is CC(C)(C)C(c1nc(-c2cc(F)ccc2F)nn1Cc1ccccc1)N(CC[C@@H](N)CF)C(=O)c1cccnc1. The fourth-order valence-electron chi connectivity index (χ4n) is 4.59. The Morgan fingerprint density at radius 2 is 1.82 bits per heavy atom. The Morgan fingerprint density at radius 1 is 1.07 bits per heavy atom. The molecule has 0 aliphatic rings. The lowest BCUT2D eigenvalue weighted by Crippen LogP contribution is -2.44. The van der Waals surface area contributed by atoms with Gasteiger partial charge < -0.3 is 10.6 Å². The Bertz CT molecular complexity index is 1420. The van der Waals surface area contributed by atoms with Crippen LogP contribution in [0.25, 0.3) is 11.4 Å². The number of amides is 1. The van der Waals surface area contributed by atoms with Gasteiger partial charge in [-0.2, -0.15) is 5.10 Å². The summed E-state index contributed by atoms with van der Waals surface area (Å²) in [5, 5.41) is 4.60. The number of hydrogen-bond donors (Lipinski definition) is 1. The molecule has 4 rings (SSSR count). The summed E-state index contributed by atoms with van der Waals surface area (Å²) in [7, 11) is 0. The predicted molar refractivity (Wildman–Crippen MR) is 147 cm³/mol. The second-order valence-corrected chi connectivity index (χ2v) is 10.8. The highest BCUT2D eigenvalue weighted by Gasteiger charge is 2.39. The number of benzene rings is 2. The molecule has 2 N–H and O–H groups in total. The van der Waals surface area contributed by atoms with Gasteiger partial charge in [-0.1, -0.05) is 51.1 Å². The van der Waals surface area contributed by atoms with Gasteiger partial charge in [0, 0.05) is 25.0 Å². The van der Waals surface area contributed by atoms with Crippen LogP contribution in [0.5, 0.6) is 0 Å². The highest BCUT2D eigenvalue weighted by atomic mass is 19.1. The second-order valence-electron chi connectivity index (χ2n) is 10.8. The number of nitrogens with zero attached hydrogens (tertiary/aromatic N) is 5. The lowest BCUT2D eigenvalue weighted by Gasteiger charge is -2.40. The van der Waals surface area contributed by atoms with Gasteiger partial charge in [0.2, 0.25) is 0 Å². The number of carbonyl (C=O) groups is 1. The zero-order valence-corrected chi connectivity index (χ0v) is 22.8. The standard InChI is InChI=1S/C30H33F3N6O/c1-30(2,3)26(38(15-13-23(34)17-31)29(40)21-10-7-14-35-18-21)28-36-27(24-16-22(32)11-12-25(24)33)37-39(28)19-20-8-5-4-6-9-20/h4-12,14,16,18,23,26H,13,15,17,19,34H2,1-3H3/t23-,26?/m1/s1. The van der Waals surface area contributed by atoms with Crippen molar-refractivity contribution in [1.82, 2.24) is 24.6 Å². The predicted octanol–water partition coefficient (Wildman–Crippen LogP) is 5.58. The van der Waals surface area contributed by atoms with Crippen LogP contribution in [0.4, 0.5) is 13.2 Å². The largest absolute Gasteiger partial charge is 0.328 e. The minimum Gasteiger partial charge on any atom is -0.328 e. The van der Waals surface area contributed by atoms with E-state index in [4.69, 9.17) is 10.7 Å². The summed E-state index contributed by atoms with van der Waals surface area (Å²) < 4.78 is 43.9. The van der Waals surface area contributed by atoms with E-state index in [1.54, 1.807) is 27.9 Å². The van der Waals surface area contributed by atoms with E-state index in [9.17, 15) is 18.0 Å². The Balaban J connectivity index is 1.90. The van der Waals surface area contributed by atoms with Crippen molar-refractivity contribution < 1.29 is 18.0 Å². The zero-order chi connectivity index (χ0) is 28.9. The molecule has 2 atom stereocenters. The Hall–Kier alpha value is -4.05. The van der Waals surface area contributed by atoms with Crippen molar-refractivity contribution in [2.24, 2.45) is 11.1 Å². The van der Waals surface area contributed by atoms with Gasteiger partial charge in [-0.25, -0.2) is 22.8 Å². The Kier molecular flexibility index (Phi) is 8.99. The molecule has 0 bridgehead atoms. The van der Waals surface area contributed by atoms with E-state index >= 15 is 0 Å². The summed E-state index contributed by atoms with van der Waals surface area (Å²) in [6.45, 7) is 5.50. The van der Waals surface area contributed by atoms with Gasteiger partial charge >= 0.3 is 0 Å². The fourth-order valence-corrected chi connectivity index (χ4v) is 4.59. The van der Waals surface area contributed by atoms with Crippen LogP contribution in [-0.4, -0.2) is 49.8 Å². The molecule has 1 unspecified atom stereocenters. The lowest BCUT2D eigenvalue weighted by atomic mass is 9.84. The molecule has 0 saturated heterocycles. The van der Waals surface area contributed by atoms with Crippen molar-refractivity contribution in [2.45, 2.75) is 45.8 Å². The third-order valence-electron chi connectivity index (χ3n) is 6.53. The number of pyridine rings is 1. The normalized spacial score (nSPS) is 13.2. The van der Waals surface area contributed by atoms with Gasteiger partial charge in [-0.05, 0) is 47.7 Å². The maximum Gasteiger partial charge on any atom is 0.256 e. The topological polar surface area (TPSA) is 89.9 Å². The quantitative estimate of drug-likeness (QED) is 0.278. The Labute approximate surface area is 231 Å². The van der Waals surface area contributed by atoms with Gasteiger partial charge in [0.1, 0.15) is 18.3 Å². The van der Waals surface area contributed by atoms with Crippen LogP contribution >= 0.6 is 0 Å². The van der Waals surface area contributed by atoms with Crippen molar-refractivity contribution in [2.75, 3.05) is 13.2 Å². The van der Waals surface area contributed by atoms with Crippen LogP contribution in [0.2, 0.25) is 0 Å². The molecule has 1 amide bonds. The van der Waals surface area contributed by atoms with E-state index in [2.05, 4.69) is 10.1 Å². The number of nitrogens with two attached hydrogens (primary N) is 1. The smallest absolute Gasteiger partial charge is 0.256 e. The Morgan fingerprint density at radius 3 is 2.48 bits per heavy atom. The molecule has 0 aliphatic heterocycles. The van der Waals surface area contributed by atoms with Crippen LogP contribution in [0.1, 0.15) is 55.0 Å². The van der Waals surface area contributed by atoms with E-state index < -0.39 is 35.8 Å². The average Bonchev–Trinajstić information content (AvgIpc) is 3.34. The molecule has 2 aromatic carbocycles. The highest BCUT2D eigenvalue weighted by molar-refractivity contribution is 5.94. The van der Waals surface area contributed by atoms with E-state index in [0.717, 1.165) is 23.8 Å². The molecule has 40 heavy (non-hydrogen) atoms. The van der Waals surface area contributed by atoms with E-state index in [1.807, 2.05) is 51.1 Å². The first-order valence-electron chi connectivity index (χ1n) is 13.0. The van der Waals surface area contributed by atoms with Crippen molar-refractivity contribution in [1.29, 1.82) is 0 Å². The summed E-state index contributed by atoms with van der Waals surface area (Å²) in [5.41, 5.74) is 6.45. The van der Waals surface area contributed by atoms with Crippen LogP contribution in [0.3, 0.4) is 0 Å². The summed E-state index contributed by atoms with van der Waals surface area (Å²) in [6.07, 6.45) is 3.23. The number of hydrogen-bond acceptors (Lipinski definition) is 5. The van der Waals surface area contributed by atoms with Crippen LogP contribution < -0.4 is 5.73 Å². The molecule has 0 radical (unpaired) electrons. The van der Waals surface area contributed by atoms with Crippen LogP contribution in [0, 0.1) is 17.0 Å². The lowest BCUT2D eigenvalue weighted by molar-refractivity contribution is 0.0469. The first-order chi connectivity index (χ1) is 19.1. The monoisotopic (exact) mass is 550 g/mol. The average molecular weight is 551 g/mol. The third-order valence-corrected chi connectivity index (χ3v) is 6.53. The highest BCUT2D eigenvalue weighted by Crippen LogP contribution is 2.39.